The Morgan fingerprint density at radius 1 is 1.00 bits per heavy atom. The molecular weight excluding hydrogens is 180 g/mol. The van der Waals surface area contributed by atoms with E-state index >= 15 is 0 Å². The third-order valence-corrected chi connectivity index (χ3v) is 1.76. The van der Waals surface area contributed by atoms with Gasteiger partial charge >= 0.3 is 0 Å². The molecule has 84 valence electrons. The highest BCUT2D eigenvalue weighted by molar-refractivity contribution is 5.36. The zero-order valence-corrected chi connectivity index (χ0v) is 9.54. The average Bonchev–Trinajstić information content (AvgIpc) is 2.08. The molecule has 0 fully saturated rings. The summed E-state index contributed by atoms with van der Waals surface area (Å²) in [5, 5.41) is 0. The molecule has 0 N–H and O–H groups in total. The van der Waals surface area contributed by atoms with E-state index in [0.29, 0.717) is 13.1 Å². The van der Waals surface area contributed by atoms with Crippen molar-refractivity contribution in [1.82, 2.24) is 0 Å². The van der Waals surface area contributed by atoms with Crippen molar-refractivity contribution >= 4 is 6.47 Å². The van der Waals surface area contributed by atoms with E-state index in [9.17, 15) is 4.79 Å². The summed E-state index contributed by atoms with van der Waals surface area (Å²) in [5.74, 6) is 0. The van der Waals surface area contributed by atoms with Crippen molar-refractivity contribution in [3.05, 3.63) is 0 Å². The number of ether oxygens (including phenoxy) is 2. The van der Waals surface area contributed by atoms with Gasteiger partial charge in [0.2, 0.25) is 0 Å². The first kappa shape index (κ1) is 13.4. The Balaban J connectivity index is 3.03. The number of carbonyl (C=O) groups is 1. The van der Waals surface area contributed by atoms with Crippen LogP contribution in [0.1, 0.15) is 46.5 Å². The van der Waals surface area contributed by atoms with Gasteiger partial charge in [-0.3, -0.25) is 4.79 Å². The lowest BCUT2D eigenvalue weighted by molar-refractivity contribution is -0.128. The summed E-state index contributed by atoms with van der Waals surface area (Å²) in [7, 11) is 0. The molecule has 0 radical (unpaired) electrons. The Bertz CT molecular complexity index is 138. The summed E-state index contributed by atoms with van der Waals surface area (Å²) in [4.78, 5) is 9.81. The predicted molar refractivity (Wildman–Crippen MR) is 56.2 cm³/mol. The summed E-state index contributed by atoms with van der Waals surface area (Å²) in [6.45, 7) is 8.05. The lowest BCUT2D eigenvalue weighted by Gasteiger charge is -2.19. The molecule has 0 aromatic carbocycles. The monoisotopic (exact) mass is 202 g/mol. The maximum Gasteiger partial charge on any atom is 0.293 e. The number of hydrogen-bond donors (Lipinski definition) is 0. The molecule has 0 bridgehead atoms. The molecule has 3 heteroatoms. The van der Waals surface area contributed by atoms with Crippen molar-refractivity contribution in [3.8, 4) is 0 Å². The molecule has 0 aliphatic rings. The first-order valence-corrected chi connectivity index (χ1v) is 5.25. The van der Waals surface area contributed by atoms with Gasteiger partial charge in [0.1, 0.15) is 0 Å². The number of unbranched alkanes of at least 4 members (excludes halogenated alkanes) is 3. The van der Waals surface area contributed by atoms with Gasteiger partial charge < -0.3 is 9.47 Å². The Hall–Kier alpha value is -0.570. The Kier molecular flexibility index (Phi) is 7.48. The van der Waals surface area contributed by atoms with Crippen LogP contribution in [0.25, 0.3) is 0 Å². The van der Waals surface area contributed by atoms with Crippen LogP contribution >= 0.6 is 0 Å². The lowest BCUT2D eigenvalue weighted by atomic mass is 10.2. The molecule has 0 aliphatic heterocycles. The molecule has 0 saturated heterocycles. The second-order valence-electron chi connectivity index (χ2n) is 4.34. The van der Waals surface area contributed by atoms with Gasteiger partial charge in [-0.1, -0.05) is 6.42 Å². The smallest absolute Gasteiger partial charge is 0.293 e. The summed E-state index contributed by atoms with van der Waals surface area (Å²) in [5.41, 5.74) is -0.0272. The molecule has 14 heavy (non-hydrogen) atoms. The van der Waals surface area contributed by atoms with Crippen LogP contribution in [0.4, 0.5) is 0 Å². The molecule has 0 saturated carbocycles. The number of carbonyl (C=O) groups excluding carboxylic acids is 1. The second kappa shape index (κ2) is 7.80. The normalized spacial score (nSPS) is 11.4. The fourth-order valence-corrected chi connectivity index (χ4v) is 1.07. The molecule has 0 aromatic heterocycles. The Labute approximate surface area is 86.8 Å². The van der Waals surface area contributed by atoms with Crippen molar-refractivity contribution in [1.29, 1.82) is 0 Å². The van der Waals surface area contributed by atoms with E-state index in [-0.39, 0.29) is 5.60 Å². The van der Waals surface area contributed by atoms with E-state index in [1.165, 1.54) is 0 Å². The zero-order valence-electron chi connectivity index (χ0n) is 9.54. The van der Waals surface area contributed by atoms with Gasteiger partial charge in [0, 0.05) is 6.61 Å². The molecule has 0 aromatic rings. The highest BCUT2D eigenvalue weighted by atomic mass is 16.5. The Morgan fingerprint density at radius 2 is 1.57 bits per heavy atom. The number of hydrogen-bond acceptors (Lipinski definition) is 3. The van der Waals surface area contributed by atoms with Crippen molar-refractivity contribution in [3.63, 3.8) is 0 Å². The van der Waals surface area contributed by atoms with Crippen LogP contribution in [0, 0.1) is 0 Å². The van der Waals surface area contributed by atoms with Crippen LogP contribution < -0.4 is 0 Å². The third-order valence-electron chi connectivity index (χ3n) is 1.76. The van der Waals surface area contributed by atoms with Gasteiger partial charge in [-0.25, -0.2) is 0 Å². The minimum Gasteiger partial charge on any atom is -0.468 e. The van der Waals surface area contributed by atoms with Crippen LogP contribution in [0.3, 0.4) is 0 Å². The fraction of sp³-hybridized carbons (Fsp3) is 0.909. The van der Waals surface area contributed by atoms with E-state index in [2.05, 4.69) is 25.5 Å². The first-order valence-electron chi connectivity index (χ1n) is 5.25. The molecule has 0 amide bonds. The largest absolute Gasteiger partial charge is 0.468 e. The maximum atomic E-state index is 9.81. The molecule has 0 atom stereocenters. The highest BCUT2D eigenvalue weighted by Gasteiger charge is 2.08. The van der Waals surface area contributed by atoms with Crippen LogP contribution in [0.5, 0.6) is 0 Å². The molecule has 0 rings (SSSR count). The fourth-order valence-electron chi connectivity index (χ4n) is 1.07. The molecule has 0 heterocycles. The van der Waals surface area contributed by atoms with Gasteiger partial charge in [0.15, 0.2) is 0 Å². The topological polar surface area (TPSA) is 35.5 Å². The quantitative estimate of drug-likeness (QED) is 0.448. The van der Waals surface area contributed by atoms with Crippen LogP contribution in [-0.4, -0.2) is 25.3 Å². The van der Waals surface area contributed by atoms with Gasteiger partial charge in [-0.2, -0.15) is 0 Å². The molecule has 0 spiro atoms. The van der Waals surface area contributed by atoms with Crippen molar-refractivity contribution in [2.75, 3.05) is 13.2 Å². The van der Waals surface area contributed by atoms with Crippen LogP contribution in [0.2, 0.25) is 0 Å². The summed E-state index contributed by atoms with van der Waals surface area (Å²) in [6.07, 6.45) is 4.27. The zero-order chi connectivity index (χ0) is 10.9. The van der Waals surface area contributed by atoms with Crippen LogP contribution in [-0.2, 0) is 14.3 Å². The van der Waals surface area contributed by atoms with E-state index in [1.807, 2.05) is 0 Å². The molecule has 0 unspecified atom stereocenters. The van der Waals surface area contributed by atoms with Crippen molar-refractivity contribution < 1.29 is 14.3 Å². The third kappa shape index (κ3) is 11.4. The molecule has 3 nitrogen and oxygen atoms in total. The summed E-state index contributed by atoms with van der Waals surface area (Å²) in [6, 6.07) is 0. The van der Waals surface area contributed by atoms with Gasteiger partial charge in [0.25, 0.3) is 6.47 Å². The second-order valence-corrected chi connectivity index (χ2v) is 4.34. The first-order chi connectivity index (χ1) is 6.56. The van der Waals surface area contributed by atoms with E-state index in [4.69, 9.17) is 4.74 Å². The Morgan fingerprint density at radius 3 is 2.07 bits per heavy atom. The van der Waals surface area contributed by atoms with E-state index in [1.54, 1.807) is 0 Å². The summed E-state index contributed by atoms with van der Waals surface area (Å²) >= 11 is 0. The average molecular weight is 202 g/mol. The standard InChI is InChI=1S/C11H22O3/c1-11(2,3)14-9-7-5-4-6-8-13-10-12/h10H,4-9H2,1-3H3. The van der Waals surface area contributed by atoms with Crippen LogP contribution in [0.15, 0.2) is 0 Å². The predicted octanol–water partition coefficient (Wildman–Crippen LogP) is 2.53. The minimum atomic E-state index is -0.0272. The van der Waals surface area contributed by atoms with Gasteiger partial charge in [0.05, 0.1) is 12.2 Å². The van der Waals surface area contributed by atoms with Crippen molar-refractivity contribution in [2.45, 2.75) is 52.1 Å². The van der Waals surface area contributed by atoms with Gasteiger partial charge in [-0.15, -0.1) is 0 Å². The minimum absolute atomic E-state index is 0.0272. The van der Waals surface area contributed by atoms with Crippen molar-refractivity contribution in [2.24, 2.45) is 0 Å². The number of rotatable bonds is 8. The molecule has 0 aliphatic carbocycles. The van der Waals surface area contributed by atoms with E-state index in [0.717, 1.165) is 32.3 Å². The molecular formula is C11H22O3. The summed E-state index contributed by atoms with van der Waals surface area (Å²) < 4.78 is 10.2. The SMILES string of the molecule is CC(C)(C)OCCCCCCOC=O. The lowest BCUT2D eigenvalue weighted by Crippen LogP contribution is -2.19. The highest BCUT2D eigenvalue weighted by Crippen LogP contribution is 2.08. The van der Waals surface area contributed by atoms with E-state index < -0.39 is 0 Å². The van der Waals surface area contributed by atoms with Gasteiger partial charge in [-0.05, 0) is 40.0 Å². The maximum absolute atomic E-state index is 9.81.